The van der Waals surface area contributed by atoms with E-state index in [2.05, 4.69) is 10.6 Å². The summed E-state index contributed by atoms with van der Waals surface area (Å²) in [5, 5.41) is 7.57. The lowest BCUT2D eigenvalue weighted by molar-refractivity contribution is 0.0168. The number of hydrogen-bond acceptors (Lipinski definition) is 3. The van der Waals surface area contributed by atoms with E-state index in [-0.39, 0.29) is 0 Å². The third-order valence-electron chi connectivity index (χ3n) is 3.18. The predicted molar refractivity (Wildman–Crippen MR) is 90.1 cm³/mol. The Bertz CT molecular complexity index is 436. The van der Waals surface area contributed by atoms with Crippen molar-refractivity contribution in [2.45, 2.75) is 25.4 Å². The number of benzene rings is 1. The minimum atomic E-state index is 0.297. The van der Waals surface area contributed by atoms with Crippen molar-refractivity contribution < 1.29 is 9.47 Å². The predicted octanol–water partition coefficient (Wildman–Crippen LogP) is 3.21. The molecule has 1 aromatic rings. The van der Waals surface area contributed by atoms with Crippen LogP contribution < -0.4 is 10.6 Å². The number of rotatable bonds is 7. The second-order valence-electron chi connectivity index (χ2n) is 4.95. The molecule has 1 saturated heterocycles. The fourth-order valence-corrected chi connectivity index (χ4v) is 2.42. The molecule has 1 aromatic carbocycles. The lowest BCUT2D eigenvalue weighted by atomic mass is 10.2. The van der Waals surface area contributed by atoms with E-state index < -0.39 is 0 Å². The molecule has 0 saturated carbocycles. The zero-order valence-electron chi connectivity index (χ0n) is 11.9. The fourth-order valence-electron chi connectivity index (χ4n) is 2.08. The fraction of sp³-hybridized carbons (Fsp3) is 0.533. The Morgan fingerprint density at radius 2 is 2.19 bits per heavy atom. The highest BCUT2D eigenvalue weighted by Crippen LogP contribution is 2.13. The monoisotopic (exact) mass is 328 g/mol. The summed E-state index contributed by atoms with van der Waals surface area (Å²) >= 11 is 11.0. The van der Waals surface area contributed by atoms with Crippen LogP contribution in [0.4, 0.5) is 5.69 Å². The van der Waals surface area contributed by atoms with E-state index in [4.69, 9.17) is 33.3 Å². The zero-order chi connectivity index (χ0) is 14.9. The van der Waals surface area contributed by atoms with Crippen molar-refractivity contribution in [3.8, 4) is 0 Å². The minimum absolute atomic E-state index is 0.297. The van der Waals surface area contributed by atoms with Crippen molar-refractivity contribution >= 4 is 34.6 Å². The van der Waals surface area contributed by atoms with E-state index >= 15 is 0 Å². The molecule has 1 atom stereocenters. The number of thiocarbonyl (C=S) groups is 1. The summed E-state index contributed by atoms with van der Waals surface area (Å²) in [6.45, 7) is 3.08. The molecule has 1 aliphatic rings. The zero-order valence-corrected chi connectivity index (χ0v) is 13.5. The van der Waals surface area contributed by atoms with Gasteiger partial charge in [0.25, 0.3) is 0 Å². The van der Waals surface area contributed by atoms with Crippen LogP contribution in [0, 0.1) is 0 Å². The Morgan fingerprint density at radius 3 is 2.90 bits per heavy atom. The van der Waals surface area contributed by atoms with Gasteiger partial charge < -0.3 is 20.1 Å². The SMILES string of the molecule is S=C(NCCCOC[C@@H]1CCCO1)Nc1ccc(Cl)cc1. The molecule has 116 valence electrons. The third-order valence-corrected chi connectivity index (χ3v) is 3.68. The molecular weight excluding hydrogens is 308 g/mol. The number of nitrogens with one attached hydrogen (secondary N) is 2. The van der Waals surface area contributed by atoms with Gasteiger partial charge in [-0.1, -0.05) is 11.6 Å². The molecule has 1 fully saturated rings. The van der Waals surface area contributed by atoms with E-state index in [0.29, 0.717) is 22.8 Å². The summed E-state index contributed by atoms with van der Waals surface area (Å²) in [4.78, 5) is 0. The van der Waals surface area contributed by atoms with Crippen LogP contribution in [0.2, 0.25) is 5.02 Å². The second-order valence-corrected chi connectivity index (χ2v) is 5.80. The first-order valence-corrected chi connectivity index (χ1v) is 8.02. The van der Waals surface area contributed by atoms with Crippen molar-refractivity contribution in [2.75, 3.05) is 31.7 Å². The van der Waals surface area contributed by atoms with Gasteiger partial charge in [0.15, 0.2) is 5.11 Å². The van der Waals surface area contributed by atoms with Crippen LogP contribution >= 0.6 is 23.8 Å². The number of anilines is 1. The third kappa shape index (κ3) is 6.61. The number of halogens is 1. The van der Waals surface area contributed by atoms with Crippen LogP contribution in [0.25, 0.3) is 0 Å². The smallest absolute Gasteiger partial charge is 0.170 e. The Kier molecular flexibility index (Phi) is 7.23. The molecule has 1 aliphatic heterocycles. The van der Waals surface area contributed by atoms with Gasteiger partial charge in [0.2, 0.25) is 0 Å². The normalized spacial score (nSPS) is 17.7. The lowest BCUT2D eigenvalue weighted by Crippen LogP contribution is -2.30. The molecule has 0 bridgehead atoms. The molecule has 2 N–H and O–H groups in total. The van der Waals surface area contributed by atoms with Crippen LogP contribution in [0.3, 0.4) is 0 Å². The first kappa shape index (κ1) is 16.5. The molecule has 0 spiro atoms. The van der Waals surface area contributed by atoms with Crippen molar-refractivity contribution in [2.24, 2.45) is 0 Å². The van der Waals surface area contributed by atoms with Crippen molar-refractivity contribution in [3.05, 3.63) is 29.3 Å². The summed E-state index contributed by atoms with van der Waals surface area (Å²) in [5.41, 5.74) is 0.923. The molecule has 6 heteroatoms. The minimum Gasteiger partial charge on any atom is -0.379 e. The number of ether oxygens (including phenoxy) is 2. The Hall–Kier alpha value is -0.880. The summed E-state index contributed by atoms with van der Waals surface area (Å²) < 4.78 is 11.1. The van der Waals surface area contributed by atoms with Crippen LogP contribution in [0.15, 0.2) is 24.3 Å². The van der Waals surface area contributed by atoms with Gasteiger partial charge in [0, 0.05) is 30.5 Å². The summed E-state index contributed by atoms with van der Waals surface area (Å²) in [6, 6.07) is 7.43. The van der Waals surface area contributed by atoms with Gasteiger partial charge in [-0.3, -0.25) is 0 Å². The van der Waals surface area contributed by atoms with Crippen LogP contribution in [-0.2, 0) is 9.47 Å². The Balaban J connectivity index is 1.49. The Labute approximate surface area is 136 Å². The van der Waals surface area contributed by atoms with Crippen LogP contribution in [-0.4, -0.2) is 37.6 Å². The van der Waals surface area contributed by atoms with Crippen LogP contribution in [0.5, 0.6) is 0 Å². The maximum Gasteiger partial charge on any atom is 0.170 e. The highest BCUT2D eigenvalue weighted by atomic mass is 35.5. The molecular formula is C15H21ClN2O2S. The van der Waals surface area contributed by atoms with Crippen molar-refractivity contribution in [1.82, 2.24) is 5.32 Å². The van der Waals surface area contributed by atoms with E-state index in [1.807, 2.05) is 24.3 Å². The van der Waals surface area contributed by atoms with Crippen molar-refractivity contribution in [3.63, 3.8) is 0 Å². The first-order valence-electron chi connectivity index (χ1n) is 7.24. The molecule has 1 heterocycles. The van der Waals surface area contributed by atoms with Gasteiger partial charge in [-0.15, -0.1) is 0 Å². The topological polar surface area (TPSA) is 42.5 Å². The molecule has 2 rings (SSSR count). The van der Waals surface area contributed by atoms with Crippen molar-refractivity contribution in [1.29, 1.82) is 0 Å². The van der Waals surface area contributed by atoms with Crippen LogP contribution in [0.1, 0.15) is 19.3 Å². The lowest BCUT2D eigenvalue weighted by Gasteiger charge is -2.12. The highest BCUT2D eigenvalue weighted by Gasteiger charge is 2.14. The molecule has 0 aromatic heterocycles. The largest absolute Gasteiger partial charge is 0.379 e. The summed E-state index contributed by atoms with van der Waals surface area (Å²) in [5.74, 6) is 0. The van der Waals surface area contributed by atoms with Gasteiger partial charge in [0.05, 0.1) is 12.7 Å². The quantitative estimate of drug-likeness (QED) is 0.594. The standard InChI is InChI=1S/C15H21ClN2O2S/c16-12-4-6-13(7-5-12)18-15(21)17-8-2-9-19-11-14-3-1-10-20-14/h4-7,14H,1-3,8-11H2,(H2,17,18,21)/t14-/m0/s1. The molecule has 0 radical (unpaired) electrons. The Morgan fingerprint density at radius 1 is 1.38 bits per heavy atom. The van der Waals surface area contributed by atoms with E-state index in [0.717, 1.165) is 44.7 Å². The second kappa shape index (κ2) is 9.20. The van der Waals surface area contributed by atoms with Gasteiger partial charge in [-0.2, -0.15) is 0 Å². The average Bonchev–Trinajstić information content (AvgIpc) is 2.98. The van der Waals surface area contributed by atoms with E-state index in [9.17, 15) is 0 Å². The summed E-state index contributed by atoms with van der Waals surface area (Å²) in [6.07, 6.45) is 3.48. The number of hydrogen-bond donors (Lipinski definition) is 2. The molecule has 4 nitrogen and oxygen atoms in total. The summed E-state index contributed by atoms with van der Waals surface area (Å²) in [7, 11) is 0. The molecule has 21 heavy (non-hydrogen) atoms. The molecule has 0 unspecified atom stereocenters. The van der Waals surface area contributed by atoms with Gasteiger partial charge in [-0.05, 0) is 55.7 Å². The highest BCUT2D eigenvalue weighted by molar-refractivity contribution is 7.80. The van der Waals surface area contributed by atoms with E-state index in [1.165, 1.54) is 0 Å². The molecule has 0 aliphatic carbocycles. The van der Waals surface area contributed by atoms with Gasteiger partial charge in [-0.25, -0.2) is 0 Å². The van der Waals surface area contributed by atoms with Gasteiger partial charge in [0.1, 0.15) is 0 Å². The average molecular weight is 329 g/mol. The maximum atomic E-state index is 5.83. The van der Waals surface area contributed by atoms with Gasteiger partial charge >= 0.3 is 0 Å². The maximum absolute atomic E-state index is 5.83. The van der Waals surface area contributed by atoms with E-state index in [1.54, 1.807) is 0 Å². The first-order chi connectivity index (χ1) is 10.2. The molecule has 0 amide bonds.